The maximum Gasteiger partial charge on any atom is 0.242 e. The third-order valence-electron chi connectivity index (χ3n) is 2.71. The van der Waals surface area contributed by atoms with Crippen LogP contribution in [0.2, 0.25) is 0 Å². The summed E-state index contributed by atoms with van der Waals surface area (Å²) in [6, 6.07) is 3.68. The monoisotopic (exact) mass is 261 g/mol. The van der Waals surface area contributed by atoms with Gasteiger partial charge in [-0.25, -0.2) is 4.98 Å². The number of anilines is 1. The highest BCUT2D eigenvalue weighted by atomic mass is 16.2. The lowest BCUT2D eigenvalue weighted by atomic mass is 10.2. The lowest BCUT2D eigenvalue weighted by Gasteiger charge is -2.17. The Morgan fingerprint density at radius 1 is 1.32 bits per heavy atom. The number of hydrogen-bond donors (Lipinski definition) is 2. The lowest BCUT2D eigenvalue weighted by Crippen LogP contribution is -2.41. The van der Waals surface area contributed by atoms with Crippen LogP contribution in [0.15, 0.2) is 18.5 Å². The minimum atomic E-state index is -0.336. The van der Waals surface area contributed by atoms with Crippen LogP contribution in [0.4, 0.5) is 5.82 Å². The maximum atomic E-state index is 11.9. The minimum absolute atomic E-state index is 0.0372. The fourth-order valence-electron chi connectivity index (χ4n) is 1.86. The number of carbonyl (C=O) groups is 1. The van der Waals surface area contributed by atoms with Gasteiger partial charge in [-0.1, -0.05) is 0 Å². The van der Waals surface area contributed by atoms with Crippen LogP contribution in [0.3, 0.4) is 0 Å². The van der Waals surface area contributed by atoms with Crippen molar-refractivity contribution in [2.24, 2.45) is 0 Å². The van der Waals surface area contributed by atoms with E-state index in [0.29, 0.717) is 0 Å². The van der Waals surface area contributed by atoms with Crippen LogP contribution in [0, 0.1) is 6.92 Å². The number of rotatable bonds is 4. The summed E-state index contributed by atoms with van der Waals surface area (Å²) in [6.45, 7) is 7.68. The second-order valence-corrected chi connectivity index (χ2v) is 4.98. The Kier molecular flexibility index (Phi) is 3.69. The number of fused-ring (bicyclic) bond motifs is 1. The number of aryl methyl sites for hydroxylation is 1. The van der Waals surface area contributed by atoms with Gasteiger partial charge in [0.15, 0.2) is 5.65 Å². The summed E-state index contributed by atoms with van der Waals surface area (Å²) in [5, 5.41) is 10.2. The van der Waals surface area contributed by atoms with E-state index in [1.165, 1.54) is 6.33 Å². The molecule has 1 unspecified atom stereocenters. The van der Waals surface area contributed by atoms with Crippen LogP contribution in [0.5, 0.6) is 0 Å². The first kappa shape index (κ1) is 13.3. The molecular formula is C13H19N5O. The first-order chi connectivity index (χ1) is 8.97. The van der Waals surface area contributed by atoms with Crippen molar-refractivity contribution in [3.63, 3.8) is 0 Å². The molecule has 2 rings (SSSR count). The molecule has 102 valence electrons. The molecule has 0 bridgehead atoms. The van der Waals surface area contributed by atoms with Crippen LogP contribution in [-0.2, 0) is 4.79 Å². The Bertz CT molecular complexity index is 590. The van der Waals surface area contributed by atoms with Gasteiger partial charge in [0.05, 0.1) is 0 Å². The molecule has 0 saturated carbocycles. The predicted molar refractivity (Wildman–Crippen MR) is 74.1 cm³/mol. The summed E-state index contributed by atoms with van der Waals surface area (Å²) < 4.78 is 1.69. The van der Waals surface area contributed by atoms with Crippen molar-refractivity contribution >= 4 is 17.4 Å². The van der Waals surface area contributed by atoms with Gasteiger partial charge in [-0.05, 0) is 45.4 Å². The van der Waals surface area contributed by atoms with Gasteiger partial charge in [-0.15, -0.1) is 0 Å². The first-order valence-corrected chi connectivity index (χ1v) is 6.34. The molecule has 0 spiro atoms. The van der Waals surface area contributed by atoms with Crippen molar-refractivity contribution in [3.8, 4) is 0 Å². The number of hydrogen-bond acceptors (Lipinski definition) is 4. The average Bonchev–Trinajstić information content (AvgIpc) is 2.75. The molecule has 6 heteroatoms. The van der Waals surface area contributed by atoms with Crippen molar-refractivity contribution in [1.82, 2.24) is 19.9 Å². The van der Waals surface area contributed by atoms with E-state index in [0.717, 1.165) is 17.0 Å². The molecule has 0 aliphatic heterocycles. The molecule has 2 aromatic rings. The zero-order valence-corrected chi connectivity index (χ0v) is 11.6. The lowest BCUT2D eigenvalue weighted by molar-refractivity contribution is -0.122. The molecule has 1 atom stereocenters. The number of pyridine rings is 1. The average molecular weight is 261 g/mol. The smallest absolute Gasteiger partial charge is 0.242 e. The fraction of sp³-hybridized carbons (Fsp3) is 0.462. The van der Waals surface area contributed by atoms with Crippen molar-refractivity contribution in [3.05, 3.63) is 24.0 Å². The summed E-state index contributed by atoms with van der Waals surface area (Å²) in [5.41, 5.74) is 1.83. The van der Waals surface area contributed by atoms with Crippen molar-refractivity contribution in [1.29, 1.82) is 0 Å². The number of amides is 1. The van der Waals surface area contributed by atoms with E-state index in [1.54, 1.807) is 4.52 Å². The van der Waals surface area contributed by atoms with E-state index in [4.69, 9.17) is 0 Å². The number of carbonyl (C=O) groups excluding carboxylic acids is 1. The Morgan fingerprint density at radius 2 is 2.05 bits per heavy atom. The van der Waals surface area contributed by atoms with E-state index in [9.17, 15) is 4.79 Å². The zero-order chi connectivity index (χ0) is 14.0. The fourth-order valence-corrected chi connectivity index (χ4v) is 1.86. The topological polar surface area (TPSA) is 71.3 Å². The minimum Gasteiger partial charge on any atom is -0.359 e. The molecule has 0 fully saturated rings. The van der Waals surface area contributed by atoms with Crippen molar-refractivity contribution in [2.45, 2.75) is 39.8 Å². The SMILES string of the molecule is Cc1cc(NC(C)C(=O)NC(C)C)n2ncnc2c1. The van der Waals surface area contributed by atoms with Gasteiger partial charge in [0.2, 0.25) is 5.91 Å². The molecule has 1 amide bonds. The van der Waals surface area contributed by atoms with Gasteiger partial charge in [-0.3, -0.25) is 4.79 Å². The van der Waals surface area contributed by atoms with Gasteiger partial charge < -0.3 is 10.6 Å². The summed E-state index contributed by atoms with van der Waals surface area (Å²) >= 11 is 0. The molecule has 0 aromatic carbocycles. The standard InChI is InChI=1S/C13H19N5O/c1-8(2)16-13(19)10(4)17-12-6-9(3)5-11-14-7-15-18(11)12/h5-8,10,17H,1-4H3,(H,16,19). The second-order valence-electron chi connectivity index (χ2n) is 4.98. The molecule has 6 nitrogen and oxygen atoms in total. The van der Waals surface area contributed by atoms with Gasteiger partial charge in [-0.2, -0.15) is 9.61 Å². The van der Waals surface area contributed by atoms with Gasteiger partial charge >= 0.3 is 0 Å². The third kappa shape index (κ3) is 3.01. The third-order valence-corrected chi connectivity index (χ3v) is 2.71. The quantitative estimate of drug-likeness (QED) is 0.872. The molecule has 19 heavy (non-hydrogen) atoms. The number of nitrogens with zero attached hydrogens (tertiary/aromatic N) is 3. The predicted octanol–water partition coefficient (Wildman–Crippen LogP) is 1.36. The number of aromatic nitrogens is 3. The van der Waals surface area contributed by atoms with Crippen molar-refractivity contribution < 1.29 is 4.79 Å². The van der Waals surface area contributed by atoms with Gasteiger partial charge in [0.25, 0.3) is 0 Å². The Morgan fingerprint density at radius 3 is 2.74 bits per heavy atom. The summed E-state index contributed by atoms with van der Waals surface area (Å²) in [5.74, 6) is 0.726. The van der Waals surface area contributed by atoms with E-state index >= 15 is 0 Å². The van der Waals surface area contributed by atoms with Crippen molar-refractivity contribution in [2.75, 3.05) is 5.32 Å². The highest BCUT2D eigenvalue weighted by molar-refractivity contribution is 5.84. The molecule has 2 N–H and O–H groups in total. The summed E-state index contributed by atoms with van der Waals surface area (Å²) in [6.07, 6.45) is 1.50. The second kappa shape index (κ2) is 5.26. The van der Waals surface area contributed by atoms with Crippen LogP contribution in [0.25, 0.3) is 5.65 Å². The van der Waals surface area contributed by atoms with Crippen LogP contribution < -0.4 is 10.6 Å². The zero-order valence-electron chi connectivity index (χ0n) is 11.6. The van der Waals surface area contributed by atoms with Gasteiger partial charge in [0.1, 0.15) is 18.2 Å². The van der Waals surface area contributed by atoms with Gasteiger partial charge in [0, 0.05) is 6.04 Å². The Balaban J connectivity index is 2.21. The number of nitrogens with one attached hydrogen (secondary N) is 2. The molecule has 0 aliphatic carbocycles. The Hall–Kier alpha value is -2.11. The molecule has 2 heterocycles. The van der Waals surface area contributed by atoms with Crippen LogP contribution in [-0.4, -0.2) is 32.6 Å². The van der Waals surface area contributed by atoms with Crippen LogP contribution >= 0.6 is 0 Å². The first-order valence-electron chi connectivity index (χ1n) is 6.34. The molecule has 0 radical (unpaired) electrons. The van der Waals surface area contributed by atoms with E-state index in [2.05, 4.69) is 20.7 Å². The highest BCUT2D eigenvalue weighted by Gasteiger charge is 2.15. The largest absolute Gasteiger partial charge is 0.359 e. The Labute approximate surface area is 112 Å². The summed E-state index contributed by atoms with van der Waals surface area (Å²) in [7, 11) is 0. The molecule has 2 aromatic heterocycles. The van der Waals surface area contributed by atoms with Crippen LogP contribution in [0.1, 0.15) is 26.3 Å². The maximum absolute atomic E-state index is 11.9. The summed E-state index contributed by atoms with van der Waals surface area (Å²) in [4.78, 5) is 16.1. The van der Waals surface area contributed by atoms with E-state index in [1.807, 2.05) is 39.8 Å². The van der Waals surface area contributed by atoms with E-state index in [-0.39, 0.29) is 18.0 Å². The normalized spacial score (nSPS) is 12.7. The molecule has 0 saturated heterocycles. The van der Waals surface area contributed by atoms with E-state index < -0.39 is 0 Å². The molecular weight excluding hydrogens is 242 g/mol. The highest BCUT2D eigenvalue weighted by Crippen LogP contribution is 2.14. The molecule has 0 aliphatic rings.